The third kappa shape index (κ3) is 3.57. The summed E-state index contributed by atoms with van der Waals surface area (Å²) in [5, 5.41) is 0. The number of nitrogens with zero attached hydrogens (tertiary/aromatic N) is 2. The highest BCUT2D eigenvalue weighted by molar-refractivity contribution is 6.08. The summed E-state index contributed by atoms with van der Waals surface area (Å²) in [6.07, 6.45) is 1.58. The van der Waals surface area contributed by atoms with Crippen LogP contribution in [0.4, 0.5) is 11.5 Å². The van der Waals surface area contributed by atoms with Gasteiger partial charge in [0.25, 0.3) is 11.5 Å². The van der Waals surface area contributed by atoms with Crippen LogP contribution in [0, 0.1) is 0 Å². The van der Waals surface area contributed by atoms with Crippen molar-refractivity contribution in [2.45, 2.75) is 26.3 Å². The van der Waals surface area contributed by atoms with Gasteiger partial charge in [-0.1, -0.05) is 25.5 Å². The van der Waals surface area contributed by atoms with Crippen LogP contribution >= 0.6 is 0 Å². The molecule has 2 rings (SSSR count). The number of ether oxygens (including phenoxy) is 1. The van der Waals surface area contributed by atoms with Gasteiger partial charge >= 0.3 is 5.69 Å². The topological polar surface area (TPSA) is 110 Å². The van der Waals surface area contributed by atoms with Crippen molar-refractivity contribution in [1.29, 1.82) is 0 Å². The lowest BCUT2D eigenvalue weighted by Gasteiger charge is -2.21. The standard InChI is InChI=1S/C17H22N4O4/c1-4-5-10-21-14(18)13(15(22)19-17(21)24)20(2)16(23)11-8-6-7-9-12(11)25-3/h6-9H,4-5,10,18H2,1-3H3,(H,19,22,24). The van der Waals surface area contributed by atoms with Crippen molar-refractivity contribution < 1.29 is 9.53 Å². The number of carbonyl (C=O) groups is 1. The van der Waals surface area contributed by atoms with Gasteiger partial charge in [0.2, 0.25) is 0 Å². The van der Waals surface area contributed by atoms with E-state index >= 15 is 0 Å². The van der Waals surface area contributed by atoms with Crippen molar-refractivity contribution in [1.82, 2.24) is 9.55 Å². The van der Waals surface area contributed by atoms with Crippen LogP contribution in [-0.4, -0.2) is 29.6 Å². The number of H-pyrrole nitrogens is 1. The maximum atomic E-state index is 12.8. The van der Waals surface area contributed by atoms with Crippen molar-refractivity contribution in [2.75, 3.05) is 24.8 Å². The predicted molar refractivity (Wildman–Crippen MR) is 96.4 cm³/mol. The molecule has 1 heterocycles. The van der Waals surface area contributed by atoms with Gasteiger partial charge in [0.1, 0.15) is 11.6 Å². The van der Waals surface area contributed by atoms with E-state index in [1.54, 1.807) is 24.3 Å². The van der Waals surface area contributed by atoms with Crippen LogP contribution in [0.15, 0.2) is 33.9 Å². The Hall–Kier alpha value is -3.03. The second kappa shape index (κ2) is 7.69. The highest BCUT2D eigenvalue weighted by Gasteiger charge is 2.23. The van der Waals surface area contributed by atoms with Crippen LogP contribution < -0.4 is 26.6 Å². The molecule has 1 amide bonds. The molecule has 134 valence electrons. The number of nitrogens with two attached hydrogens (primary N) is 1. The van der Waals surface area contributed by atoms with Crippen LogP contribution in [0.25, 0.3) is 0 Å². The minimum Gasteiger partial charge on any atom is -0.496 e. The lowest BCUT2D eigenvalue weighted by Crippen LogP contribution is -2.39. The third-order valence-electron chi connectivity index (χ3n) is 3.93. The molecular weight excluding hydrogens is 324 g/mol. The lowest BCUT2D eigenvalue weighted by atomic mass is 10.1. The molecule has 2 aromatic rings. The van der Waals surface area contributed by atoms with Gasteiger partial charge in [-0.25, -0.2) is 4.79 Å². The number of methoxy groups -OCH3 is 1. The normalized spacial score (nSPS) is 10.5. The molecule has 0 saturated heterocycles. The number of carbonyl (C=O) groups excluding carboxylic acids is 1. The maximum Gasteiger partial charge on any atom is 0.330 e. The number of aromatic nitrogens is 2. The van der Waals surface area contributed by atoms with Crippen LogP contribution in [-0.2, 0) is 6.54 Å². The van der Waals surface area contributed by atoms with Gasteiger partial charge in [-0.3, -0.25) is 19.1 Å². The summed E-state index contributed by atoms with van der Waals surface area (Å²) in [5.41, 5.74) is 4.96. The molecule has 0 bridgehead atoms. The van der Waals surface area contributed by atoms with Gasteiger partial charge in [0.05, 0.1) is 12.7 Å². The average Bonchev–Trinajstić information content (AvgIpc) is 2.60. The molecule has 8 heteroatoms. The molecule has 0 saturated carbocycles. The van der Waals surface area contributed by atoms with Gasteiger partial charge in [-0.15, -0.1) is 0 Å². The Morgan fingerprint density at radius 2 is 2.00 bits per heavy atom. The largest absolute Gasteiger partial charge is 0.496 e. The predicted octanol–water partition coefficient (Wildman–Crippen LogP) is 1.20. The molecule has 0 atom stereocenters. The summed E-state index contributed by atoms with van der Waals surface area (Å²) in [6, 6.07) is 6.67. The van der Waals surface area contributed by atoms with Crippen molar-refractivity contribution in [3.8, 4) is 5.75 Å². The fourth-order valence-corrected chi connectivity index (χ4v) is 2.54. The van der Waals surface area contributed by atoms with E-state index in [1.165, 1.54) is 18.7 Å². The van der Waals surface area contributed by atoms with E-state index < -0.39 is 17.2 Å². The molecule has 0 fully saturated rings. The van der Waals surface area contributed by atoms with E-state index in [0.29, 0.717) is 12.3 Å². The monoisotopic (exact) mass is 346 g/mol. The Kier molecular flexibility index (Phi) is 5.63. The summed E-state index contributed by atoms with van der Waals surface area (Å²) >= 11 is 0. The zero-order valence-electron chi connectivity index (χ0n) is 14.5. The number of aromatic amines is 1. The van der Waals surface area contributed by atoms with E-state index in [-0.39, 0.29) is 17.1 Å². The van der Waals surface area contributed by atoms with Gasteiger partial charge in [0, 0.05) is 13.6 Å². The number of benzene rings is 1. The Bertz CT molecular complexity index is 885. The number of nitrogen functional groups attached to an aromatic ring is 1. The first-order valence-electron chi connectivity index (χ1n) is 7.96. The molecule has 0 radical (unpaired) electrons. The van der Waals surface area contributed by atoms with Gasteiger partial charge < -0.3 is 15.4 Å². The van der Waals surface area contributed by atoms with Crippen molar-refractivity contribution in [3.05, 3.63) is 50.7 Å². The van der Waals surface area contributed by atoms with Crippen LogP contribution in [0.1, 0.15) is 30.1 Å². The average molecular weight is 346 g/mol. The highest BCUT2D eigenvalue weighted by Crippen LogP contribution is 2.23. The van der Waals surface area contributed by atoms with Crippen molar-refractivity contribution in [3.63, 3.8) is 0 Å². The minimum absolute atomic E-state index is 0.0343. The molecule has 1 aromatic heterocycles. The number of amides is 1. The highest BCUT2D eigenvalue weighted by atomic mass is 16.5. The van der Waals surface area contributed by atoms with Crippen LogP contribution in [0.3, 0.4) is 0 Å². The van der Waals surface area contributed by atoms with Crippen LogP contribution in [0.2, 0.25) is 0 Å². The second-order valence-electron chi connectivity index (χ2n) is 5.56. The van der Waals surface area contributed by atoms with Gasteiger partial charge in [-0.05, 0) is 18.6 Å². The molecule has 0 spiro atoms. The number of para-hydroxylation sites is 1. The summed E-state index contributed by atoms with van der Waals surface area (Å²) in [7, 11) is 2.89. The summed E-state index contributed by atoms with van der Waals surface area (Å²) in [6.45, 7) is 2.34. The van der Waals surface area contributed by atoms with Crippen molar-refractivity contribution >= 4 is 17.4 Å². The first-order valence-corrected chi connectivity index (χ1v) is 7.96. The quantitative estimate of drug-likeness (QED) is 0.817. The number of hydrogen-bond acceptors (Lipinski definition) is 5. The molecule has 3 N–H and O–H groups in total. The zero-order chi connectivity index (χ0) is 18.6. The first kappa shape index (κ1) is 18.3. The lowest BCUT2D eigenvalue weighted by molar-refractivity contribution is 0.0989. The number of rotatable bonds is 6. The van der Waals surface area contributed by atoms with E-state index in [0.717, 1.165) is 17.7 Å². The van der Waals surface area contributed by atoms with E-state index in [4.69, 9.17) is 10.5 Å². The number of nitrogens with one attached hydrogen (secondary N) is 1. The van der Waals surface area contributed by atoms with Gasteiger partial charge in [0.15, 0.2) is 5.69 Å². The van der Waals surface area contributed by atoms with Crippen LogP contribution in [0.5, 0.6) is 5.75 Å². The zero-order valence-corrected chi connectivity index (χ0v) is 14.5. The van der Waals surface area contributed by atoms with Gasteiger partial charge in [-0.2, -0.15) is 0 Å². The van der Waals surface area contributed by atoms with Crippen molar-refractivity contribution in [2.24, 2.45) is 0 Å². The molecule has 0 unspecified atom stereocenters. The molecular formula is C17H22N4O4. The SMILES string of the molecule is CCCCn1c(N)c(N(C)C(=O)c2ccccc2OC)c(=O)[nH]c1=O. The van der Waals surface area contributed by atoms with E-state index in [9.17, 15) is 14.4 Å². The smallest absolute Gasteiger partial charge is 0.330 e. The Labute approximate surface area is 144 Å². The number of anilines is 2. The molecule has 1 aromatic carbocycles. The molecule has 8 nitrogen and oxygen atoms in total. The summed E-state index contributed by atoms with van der Waals surface area (Å²) < 4.78 is 6.46. The second-order valence-corrected chi connectivity index (χ2v) is 5.56. The Morgan fingerprint density at radius 3 is 2.64 bits per heavy atom. The number of hydrogen-bond donors (Lipinski definition) is 2. The Balaban J connectivity index is 2.52. The maximum absolute atomic E-state index is 12.8. The fraction of sp³-hybridized carbons (Fsp3) is 0.353. The fourth-order valence-electron chi connectivity index (χ4n) is 2.54. The third-order valence-corrected chi connectivity index (χ3v) is 3.93. The molecule has 0 aliphatic carbocycles. The summed E-state index contributed by atoms with van der Waals surface area (Å²) in [5.74, 6) is -0.114. The number of unbranched alkanes of at least 4 members (excludes halogenated alkanes) is 1. The first-order chi connectivity index (χ1) is 11.9. The van der Waals surface area contributed by atoms with E-state index in [2.05, 4.69) is 4.98 Å². The molecule has 25 heavy (non-hydrogen) atoms. The minimum atomic E-state index is -0.707. The summed E-state index contributed by atoms with van der Waals surface area (Å²) in [4.78, 5) is 40.4. The Morgan fingerprint density at radius 1 is 1.32 bits per heavy atom. The molecule has 0 aliphatic rings. The van der Waals surface area contributed by atoms with E-state index in [1.807, 2.05) is 6.92 Å². The molecule has 0 aliphatic heterocycles.